The minimum absolute atomic E-state index is 0.172. The maximum atomic E-state index is 12.6. The van der Waals surface area contributed by atoms with E-state index in [1.807, 2.05) is 25.1 Å². The monoisotopic (exact) mass is 389 g/mol. The third-order valence-corrected chi connectivity index (χ3v) is 6.47. The maximum Gasteiger partial charge on any atom is 0.240 e. The van der Waals surface area contributed by atoms with Crippen molar-refractivity contribution >= 4 is 10.0 Å². The van der Waals surface area contributed by atoms with Crippen LogP contribution in [0.15, 0.2) is 47.4 Å². The van der Waals surface area contributed by atoms with Crippen LogP contribution in [0.5, 0.6) is 17.2 Å². The molecule has 1 heterocycles. The summed E-state index contributed by atoms with van der Waals surface area (Å²) >= 11 is 0. The fourth-order valence-corrected chi connectivity index (χ4v) is 4.42. The van der Waals surface area contributed by atoms with Crippen molar-refractivity contribution < 1.29 is 22.6 Å². The molecule has 144 valence electrons. The van der Waals surface area contributed by atoms with E-state index in [0.29, 0.717) is 32.1 Å². The van der Waals surface area contributed by atoms with Gasteiger partial charge in [-0.3, -0.25) is 0 Å². The van der Waals surface area contributed by atoms with Gasteiger partial charge in [-0.2, -0.15) is 0 Å². The molecule has 0 unspecified atom stereocenters. The lowest BCUT2D eigenvalue weighted by Gasteiger charge is -2.22. The molecular weight excluding hydrogens is 366 g/mol. The van der Waals surface area contributed by atoms with Crippen molar-refractivity contribution in [3.05, 3.63) is 48.0 Å². The molecule has 0 saturated heterocycles. The zero-order valence-electron chi connectivity index (χ0n) is 15.2. The van der Waals surface area contributed by atoms with Gasteiger partial charge in [0.2, 0.25) is 10.0 Å². The molecule has 0 radical (unpaired) electrons. The van der Waals surface area contributed by atoms with Gasteiger partial charge in [0.1, 0.15) is 19.0 Å². The molecule has 0 spiro atoms. The van der Waals surface area contributed by atoms with E-state index in [2.05, 4.69) is 4.72 Å². The summed E-state index contributed by atoms with van der Waals surface area (Å²) in [6.45, 7) is 3.89. The molecule has 1 aliphatic heterocycles. The first-order valence-electron chi connectivity index (χ1n) is 9.15. The Bertz CT molecular complexity index is 920. The van der Waals surface area contributed by atoms with Gasteiger partial charge in [0.15, 0.2) is 11.5 Å². The van der Waals surface area contributed by atoms with Crippen LogP contribution in [0.4, 0.5) is 0 Å². The van der Waals surface area contributed by atoms with Gasteiger partial charge in [-0.25, -0.2) is 13.1 Å². The molecule has 0 bridgehead atoms. The Kier molecular flexibility index (Phi) is 4.74. The summed E-state index contributed by atoms with van der Waals surface area (Å²) in [5, 5.41) is 0. The van der Waals surface area contributed by atoms with E-state index < -0.39 is 10.0 Å². The van der Waals surface area contributed by atoms with Gasteiger partial charge in [-0.05, 0) is 61.7 Å². The van der Waals surface area contributed by atoms with Gasteiger partial charge in [0.25, 0.3) is 0 Å². The van der Waals surface area contributed by atoms with Gasteiger partial charge in [0, 0.05) is 12.0 Å². The minimum Gasteiger partial charge on any atom is -0.494 e. The van der Waals surface area contributed by atoms with Crippen LogP contribution in [0.1, 0.15) is 25.3 Å². The van der Waals surface area contributed by atoms with E-state index in [9.17, 15) is 8.42 Å². The first-order valence-corrected chi connectivity index (χ1v) is 10.6. The average molecular weight is 389 g/mol. The van der Waals surface area contributed by atoms with Gasteiger partial charge in [0.05, 0.1) is 11.5 Å². The first kappa shape index (κ1) is 18.1. The van der Waals surface area contributed by atoms with Crippen LogP contribution in [0, 0.1) is 0 Å². The third kappa shape index (κ3) is 3.75. The highest BCUT2D eigenvalue weighted by molar-refractivity contribution is 7.89. The summed E-state index contributed by atoms with van der Waals surface area (Å²) in [5.74, 6) is 2.14. The van der Waals surface area contributed by atoms with E-state index in [4.69, 9.17) is 14.2 Å². The molecule has 4 rings (SSSR count). The molecule has 2 aromatic carbocycles. The van der Waals surface area contributed by atoms with Gasteiger partial charge < -0.3 is 14.2 Å². The fraction of sp³-hybridized carbons (Fsp3) is 0.400. The van der Waals surface area contributed by atoms with Crippen molar-refractivity contribution in [2.75, 3.05) is 26.4 Å². The highest BCUT2D eigenvalue weighted by Crippen LogP contribution is 2.49. The van der Waals surface area contributed by atoms with Gasteiger partial charge in [-0.1, -0.05) is 6.07 Å². The molecule has 2 aromatic rings. The molecule has 7 heteroatoms. The van der Waals surface area contributed by atoms with E-state index in [1.54, 1.807) is 24.3 Å². The van der Waals surface area contributed by atoms with Crippen LogP contribution in [0.3, 0.4) is 0 Å². The second-order valence-electron chi connectivity index (χ2n) is 6.87. The van der Waals surface area contributed by atoms with Crippen LogP contribution in [-0.4, -0.2) is 34.8 Å². The molecule has 1 fully saturated rings. The average Bonchev–Trinajstić information content (AvgIpc) is 3.48. The van der Waals surface area contributed by atoms with Crippen LogP contribution >= 0.6 is 0 Å². The van der Waals surface area contributed by atoms with Crippen molar-refractivity contribution in [2.45, 2.75) is 30.1 Å². The third-order valence-electron chi connectivity index (χ3n) is 5.05. The van der Waals surface area contributed by atoms with Crippen molar-refractivity contribution in [3.8, 4) is 17.2 Å². The Balaban J connectivity index is 1.47. The fourth-order valence-electron chi connectivity index (χ4n) is 3.29. The lowest BCUT2D eigenvalue weighted by Crippen LogP contribution is -2.32. The zero-order chi connectivity index (χ0) is 18.9. The highest BCUT2D eigenvalue weighted by Gasteiger charge is 2.45. The van der Waals surface area contributed by atoms with Crippen LogP contribution < -0.4 is 18.9 Å². The van der Waals surface area contributed by atoms with Gasteiger partial charge >= 0.3 is 0 Å². The Hall–Kier alpha value is -2.25. The Morgan fingerprint density at radius 1 is 1.04 bits per heavy atom. The highest BCUT2D eigenvalue weighted by atomic mass is 32.2. The van der Waals surface area contributed by atoms with E-state index in [-0.39, 0.29) is 10.3 Å². The summed E-state index contributed by atoms with van der Waals surface area (Å²) in [6.07, 6.45) is 1.89. The van der Waals surface area contributed by atoms with Crippen molar-refractivity contribution in [3.63, 3.8) is 0 Å². The molecule has 27 heavy (non-hydrogen) atoms. The van der Waals surface area contributed by atoms with Crippen molar-refractivity contribution in [1.82, 2.24) is 4.72 Å². The Labute approximate surface area is 159 Å². The van der Waals surface area contributed by atoms with Crippen molar-refractivity contribution in [2.24, 2.45) is 0 Å². The molecule has 6 nitrogen and oxygen atoms in total. The van der Waals surface area contributed by atoms with Crippen molar-refractivity contribution in [1.29, 1.82) is 0 Å². The zero-order valence-corrected chi connectivity index (χ0v) is 16.1. The van der Waals surface area contributed by atoms with Gasteiger partial charge in [-0.15, -0.1) is 0 Å². The van der Waals surface area contributed by atoms with E-state index in [1.165, 1.54) is 0 Å². The number of benzene rings is 2. The Morgan fingerprint density at radius 2 is 1.74 bits per heavy atom. The van der Waals surface area contributed by atoms with E-state index in [0.717, 1.165) is 29.9 Å². The minimum atomic E-state index is -3.57. The first-order chi connectivity index (χ1) is 13.0. The SMILES string of the molecule is CCOc1ccc(S(=O)(=O)NCC2(c3ccc4c(c3)OCCO4)CC2)cc1. The molecular formula is C20H23NO5S. The number of sulfonamides is 1. The molecule has 0 amide bonds. The second kappa shape index (κ2) is 7.05. The predicted octanol–water partition coefficient (Wildman–Crippen LogP) is 2.87. The van der Waals surface area contributed by atoms with Crippen LogP contribution in [-0.2, 0) is 15.4 Å². The molecule has 1 N–H and O–H groups in total. The lowest BCUT2D eigenvalue weighted by atomic mass is 9.96. The summed E-state index contributed by atoms with van der Waals surface area (Å²) in [4.78, 5) is 0.240. The number of rotatable bonds is 7. The number of ether oxygens (including phenoxy) is 3. The quantitative estimate of drug-likeness (QED) is 0.788. The predicted molar refractivity (Wildman–Crippen MR) is 101 cm³/mol. The molecule has 1 saturated carbocycles. The summed E-state index contributed by atoms with van der Waals surface area (Å²) in [6, 6.07) is 12.4. The second-order valence-corrected chi connectivity index (χ2v) is 8.63. The topological polar surface area (TPSA) is 73.9 Å². The normalized spacial score (nSPS) is 17.4. The number of hydrogen-bond acceptors (Lipinski definition) is 5. The lowest BCUT2D eigenvalue weighted by molar-refractivity contribution is 0.171. The smallest absolute Gasteiger partial charge is 0.240 e. The summed E-state index contributed by atoms with van der Waals surface area (Å²) in [7, 11) is -3.57. The van der Waals surface area contributed by atoms with E-state index >= 15 is 0 Å². The molecule has 2 aliphatic rings. The largest absolute Gasteiger partial charge is 0.494 e. The molecule has 0 atom stereocenters. The summed E-state index contributed by atoms with van der Waals surface area (Å²) in [5.41, 5.74) is 0.912. The van der Waals surface area contributed by atoms with Crippen LogP contribution in [0.25, 0.3) is 0 Å². The maximum absolute atomic E-state index is 12.6. The van der Waals surface area contributed by atoms with Crippen LogP contribution in [0.2, 0.25) is 0 Å². The standard InChI is InChI=1S/C20H23NO5S/c1-2-24-16-4-6-17(7-5-16)27(22,23)21-14-20(9-10-20)15-3-8-18-19(13-15)26-12-11-25-18/h3-8,13,21H,2,9-12,14H2,1H3. The molecule has 1 aliphatic carbocycles. The number of fused-ring (bicyclic) bond motifs is 1. The molecule has 0 aromatic heterocycles. The number of hydrogen-bond donors (Lipinski definition) is 1. The Morgan fingerprint density at radius 3 is 2.41 bits per heavy atom. The summed E-state index contributed by atoms with van der Waals surface area (Å²) < 4.78 is 44.6. The number of nitrogens with one attached hydrogen (secondary N) is 1.